The molecule has 3 heteroatoms. The molecule has 1 aromatic carbocycles. The number of ether oxygens (including phenoxy) is 1. The van der Waals surface area contributed by atoms with Gasteiger partial charge in [0.15, 0.2) is 0 Å². The molecule has 0 aliphatic carbocycles. The first-order valence-corrected chi connectivity index (χ1v) is 7.65. The number of hydrogen-bond donors (Lipinski definition) is 1. The van der Waals surface area contributed by atoms with Gasteiger partial charge in [-0.25, -0.2) is 0 Å². The molecule has 19 heavy (non-hydrogen) atoms. The Kier molecular flexibility index (Phi) is 3.97. The Morgan fingerprint density at radius 3 is 3.05 bits per heavy atom. The maximum absolute atomic E-state index is 5.68. The summed E-state index contributed by atoms with van der Waals surface area (Å²) in [5.41, 5.74) is 2.71. The van der Waals surface area contributed by atoms with Crippen molar-refractivity contribution in [1.82, 2.24) is 5.32 Å². The lowest BCUT2D eigenvalue weighted by Gasteiger charge is -2.29. The van der Waals surface area contributed by atoms with E-state index in [1.165, 1.54) is 16.0 Å². The molecule has 1 N–H and O–H groups in total. The maximum atomic E-state index is 5.68. The van der Waals surface area contributed by atoms with Crippen molar-refractivity contribution < 1.29 is 4.74 Å². The minimum atomic E-state index is 0.319. The van der Waals surface area contributed by atoms with Crippen LogP contribution in [-0.2, 0) is 17.8 Å². The molecule has 1 aliphatic rings. The molecule has 2 heterocycles. The lowest BCUT2D eigenvalue weighted by molar-refractivity contribution is 0.0791. The van der Waals surface area contributed by atoms with Crippen LogP contribution in [0.3, 0.4) is 0 Å². The zero-order valence-corrected chi connectivity index (χ0v) is 12.0. The van der Waals surface area contributed by atoms with Gasteiger partial charge in [0.2, 0.25) is 0 Å². The first kappa shape index (κ1) is 12.9. The van der Waals surface area contributed by atoms with Crippen LogP contribution in [0.2, 0.25) is 0 Å². The van der Waals surface area contributed by atoms with E-state index >= 15 is 0 Å². The van der Waals surface area contributed by atoms with Gasteiger partial charge in [0.05, 0.1) is 19.3 Å². The number of nitrogens with one attached hydrogen (secondary N) is 1. The van der Waals surface area contributed by atoms with Crippen LogP contribution in [0.5, 0.6) is 0 Å². The van der Waals surface area contributed by atoms with Crippen molar-refractivity contribution in [2.75, 3.05) is 6.61 Å². The Hall–Kier alpha value is -1.16. The molecule has 3 rings (SSSR count). The highest BCUT2D eigenvalue weighted by Crippen LogP contribution is 2.25. The molecule has 0 bridgehead atoms. The summed E-state index contributed by atoms with van der Waals surface area (Å²) in [6.45, 7) is 3.76. The molecule has 1 aliphatic heterocycles. The summed E-state index contributed by atoms with van der Waals surface area (Å²) in [6, 6.07) is 13.7. The fraction of sp³-hybridized carbons (Fsp3) is 0.375. The minimum absolute atomic E-state index is 0.319. The van der Waals surface area contributed by atoms with Gasteiger partial charge >= 0.3 is 0 Å². The summed E-state index contributed by atoms with van der Waals surface area (Å²) in [5, 5.41) is 5.83. The molecule has 0 saturated heterocycles. The first-order chi connectivity index (χ1) is 9.33. The average Bonchev–Trinajstić information content (AvgIpc) is 2.92. The molecule has 0 spiro atoms. The van der Waals surface area contributed by atoms with E-state index in [1.54, 1.807) is 0 Å². The van der Waals surface area contributed by atoms with Crippen molar-refractivity contribution in [3.8, 4) is 0 Å². The van der Waals surface area contributed by atoms with Gasteiger partial charge in [0.1, 0.15) is 0 Å². The van der Waals surface area contributed by atoms with Gasteiger partial charge in [0, 0.05) is 10.9 Å². The zero-order valence-electron chi connectivity index (χ0n) is 11.1. The van der Waals surface area contributed by atoms with E-state index in [0.717, 1.165) is 19.6 Å². The predicted molar refractivity (Wildman–Crippen MR) is 79.5 cm³/mol. The van der Waals surface area contributed by atoms with Crippen LogP contribution in [0.4, 0.5) is 0 Å². The number of rotatable bonds is 4. The molecule has 100 valence electrons. The molecule has 1 aromatic heterocycles. The van der Waals surface area contributed by atoms with Crippen LogP contribution >= 0.6 is 11.3 Å². The molecular formula is C16H19NOS. The summed E-state index contributed by atoms with van der Waals surface area (Å²) < 4.78 is 5.68. The predicted octanol–water partition coefficient (Wildman–Crippen LogP) is 3.54. The van der Waals surface area contributed by atoms with Crippen molar-refractivity contribution in [2.45, 2.75) is 32.0 Å². The second-order valence-electron chi connectivity index (χ2n) is 5.12. The fourth-order valence-electron chi connectivity index (χ4n) is 2.65. The first-order valence-electron chi connectivity index (χ1n) is 6.77. The van der Waals surface area contributed by atoms with Crippen LogP contribution in [0.25, 0.3) is 0 Å². The van der Waals surface area contributed by atoms with Gasteiger partial charge in [-0.3, -0.25) is 0 Å². The van der Waals surface area contributed by atoms with Crippen molar-refractivity contribution in [3.05, 3.63) is 57.8 Å². The molecular weight excluding hydrogens is 254 g/mol. The zero-order chi connectivity index (χ0) is 13.1. The highest BCUT2D eigenvalue weighted by Gasteiger charge is 2.21. The average molecular weight is 273 g/mol. The Morgan fingerprint density at radius 1 is 1.32 bits per heavy atom. The summed E-state index contributed by atoms with van der Waals surface area (Å²) in [4.78, 5) is 1.44. The molecule has 0 radical (unpaired) electrons. The smallest absolute Gasteiger partial charge is 0.0721 e. The van der Waals surface area contributed by atoms with E-state index < -0.39 is 0 Å². The monoisotopic (exact) mass is 273 g/mol. The third-order valence-electron chi connectivity index (χ3n) is 3.55. The van der Waals surface area contributed by atoms with Gasteiger partial charge in [-0.05, 0) is 35.9 Å². The van der Waals surface area contributed by atoms with Gasteiger partial charge < -0.3 is 10.1 Å². The van der Waals surface area contributed by atoms with Gasteiger partial charge in [-0.2, -0.15) is 0 Å². The third-order valence-corrected chi connectivity index (χ3v) is 4.44. The van der Waals surface area contributed by atoms with Crippen molar-refractivity contribution >= 4 is 11.3 Å². The van der Waals surface area contributed by atoms with Crippen molar-refractivity contribution in [3.63, 3.8) is 0 Å². The number of benzene rings is 1. The topological polar surface area (TPSA) is 21.3 Å². The Bertz CT molecular complexity index is 523. The lowest BCUT2D eigenvalue weighted by atomic mass is 9.98. The summed E-state index contributed by atoms with van der Waals surface area (Å²) in [7, 11) is 0. The van der Waals surface area contributed by atoms with Gasteiger partial charge in [0.25, 0.3) is 0 Å². The van der Waals surface area contributed by atoms with Crippen LogP contribution in [0.1, 0.15) is 29.0 Å². The molecule has 0 amide bonds. The molecule has 0 saturated carbocycles. The summed E-state index contributed by atoms with van der Waals surface area (Å²) >= 11 is 1.83. The van der Waals surface area contributed by atoms with E-state index in [4.69, 9.17) is 4.74 Å². The summed E-state index contributed by atoms with van der Waals surface area (Å²) in [5.74, 6) is 0. The van der Waals surface area contributed by atoms with Crippen LogP contribution in [0.15, 0.2) is 41.8 Å². The number of thiophene rings is 1. The molecule has 0 fully saturated rings. The standard InChI is InChI=1S/C16H19NOS/c1-12(9-14-6-4-8-19-14)17-16-11-18-10-13-5-2-3-7-15(13)16/h2-8,12,16-17H,9-11H2,1H3. The minimum Gasteiger partial charge on any atom is -0.375 e. The van der Waals surface area contributed by atoms with Crippen molar-refractivity contribution in [1.29, 1.82) is 0 Å². The maximum Gasteiger partial charge on any atom is 0.0721 e. The van der Waals surface area contributed by atoms with Gasteiger partial charge in [-0.15, -0.1) is 11.3 Å². The van der Waals surface area contributed by atoms with E-state index in [-0.39, 0.29) is 0 Å². The third kappa shape index (κ3) is 3.06. The Morgan fingerprint density at radius 2 is 2.21 bits per heavy atom. The normalized spacial score (nSPS) is 19.9. The second-order valence-corrected chi connectivity index (χ2v) is 6.15. The second kappa shape index (κ2) is 5.87. The Labute approximate surface area is 118 Å². The molecule has 2 atom stereocenters. The van der Waals surface area contributed by atoms with Crippen LogP contribution < -0.4 is 5.32 Å². The number of fused-ring (bicyclic) bond motifs is 1. The van der Waals surface area contributed by atoms with E-state index in [2.05, 4.69) is 54.0 Å². The lowest BCUT2D eigenvalue weighted by Crippen LogP contribution is -2.36. The SMILES string of the molecule is CC(Cc1cccs1)NC1COCc2ccccc21. The van der Waals surface area contributed by atoms with E-state index in [0.29, 0.717) is 12.1 Å². The largest absolute Gasteiger partial charge is 0.375 e. The Balaban J connectivity index is 1.67. The molecule has 2 nitrogen and oxygen atoms in total. The number of hydrogen-bond acceptors (Lipinski definition) is 3. The van der Waals surface area contributed by atoms with Crippen LogP contribution in [-0.4, -0.2) is 12.6 Å². The molecule has 2 aromatic rings. The van der Waals surface area contributed by atoms with Gasteiger partial charge in [-0.1, -0.05) is 30.3 Å². The fourth-order valence-corrected chi connectivity index (χ4v) is 3.49. The van der Waals surface area contributed by atoms with E-state index in [9.17, 15) is 0 Å². The van der Waals surface area contributed by atoms with E-state index in [1.807, 2.05) is 11.3 Å². The van der Waals surface area contributed by atoms with Crippen LogP contribution in [0, 0.1) is 0 Å². The van der Waals surface area contributed by atoms with Crippen molar-refractivity contribution in [2.24, 2.45) is 0 Å². The highest BCUT2D eigenvalue weighted by molar-refractivity contribution is 7.09. The highest BCUT2D eigenvalue weighted by atomic mass is 32.1. The summed E-state index contributed by atoms with van der Waals surface area (Å²) in [6.07, 6.45) is 1.08. The molecule has 2 unspecified atom stereocenters. The quantitative estimate of drug-likeness (QED) is 0.920.